The summed E-state index contributed by atoms with van der Waals surface area (Å²) in [5, 5.41) is 0. The maximum Gasteiger partial charge on any atom is 0.494 e. The van der Waals surface area contributed by atoms with Crippen molar-refractivity contribution in [3.8, 4) is 11.1 Å². The van der Waals surface area contributed by atoms with Crippen molar-refractivity contribution in [3.05, 3.63) is 72.8 Å². The first-order valence-corrected chi connectivity index (χ1v) is 13.4. The van der Waals surface area contributed by atoms with Crippen LogP contribution >= 0.6 is 0 Å². The highest BCUT2D eigenvalue weighted by atomic mass is 16.7. The molecule has 0 bridgehead atoms. The van der Waals surface area contributed by atoms with Crippen LogP contribution in [0.25, 0.3) is 11.1 Å². The van der Waals surface area contributed by atoms with E-state index < -0.39 is 36.6 Å². The fourth-order valence-electron chi connectivity index (χ4n) is 5.80. The molecule has 2 aliphatic heterocycles. The van der Waals surface area contributed by atoms with Crippen LogP contribution in [0.15, 0.2) is 61.7 Å². The van der Waals surface area contributed by atoms with Crippen molar-refractivity contribution >= 4 is 25.2 Å². The highest BCUT2D eigenvalue weighted by Gasteiger charge is 2.54. The van der Waals surface area contributed by atoms with Crippen molar-refractivity contribution in [1.29, 1.82) is 0 Å². The van der Waals surface area contributed by atoms with Crippen LogP contribution in [0.5, 0.6) is 0 Å². The van der Waals surface area contributed by atoms with Crippen LogP contribution in [-0.4, -0.2) is 36.6 Å². The monoisotopic (exact) mass is 498 g/mol. The maximum absolute atomic E-state index is 6.41. The molecule has 2 aromatic rings. The van der Waals surface area contributed by atoms with E-state index in [0.717, 1.165) is 23.8 Å². The smallest absolute Gasteiger partial charge is 0.399 e. The second-order valence-electron chi connectivity index (χ2n) is 12.9. The molecule has 194 valence electrons. The molecule has 5 rings (SSSR count). The average molecular weight is 498 g/mol. The Morgan fingerprint density at radius 3 is 1.22 bits per heavy atom. The van der Waals surface area contributed by atoms with Gasteiger partial charge in [-0.25, -0.2) is 0 Å². The lowest BCUT2D eigenvalue weighted by atomic mass is 9.68. The summed E-state index contributed by atoms with van der Waals surface area (Å²) in [4.78, 5) is 0. The van der Waals surface area contributed by atoms with Crippen molar-refractivity contribution in [2.24, 2.45) is 0 Å². The maximum atomic E-state index is 6.41. The largest absolute Gasteiger partial charge is 0.494 e. The van der Waals surface area contributed by atoms with Gasteiger partial charge in [-0.2, -0.15) is 0 Å². The van der Waals surface area contributed by atoms with Crippen molar-refractivity contribution in [2.75, 3.05) is 0 Å². The summed E-state index contributed by atoms with van der Waals surface area (Å²) in [7, 11) is -0.825. The Bertz CT molecular complexity index is 1130. The molecule has 2 saturated heterocycles. The first kappa shape index (κ1) is 26.5. The van der Waals surface area contributed by atoms with Crippen molar-refractivity contribution < 1.29 is 18.6 Å². The Hall–Kier alpha value is -2.11. The summed E-state index contributed by atoms with van der Waals surface area (Å²) in [5.74, 6) is 0. The Morgan fingerprint density at radius 1 is 0.595 bits per heavy atom. The molecule has 3 aliphatic rings. The Labute approximate surface area is 223 Å². The lowest BCUT2D eigenvalue weighted by molar-refractivity contribution is 0.00578. The number of benzene rings is 2. The first-order chi connectivity index (χ1) is 17.2. The van der Waals surface area contributed by atoms with E-state index in [1.165, 1.54) is 22.3 Å². The van der Waals surface area contributed by atoms with Crippen LogP contribution in [-0.2, 0) is 24.0 Å². The topological polar surface area (TPSA) is 36.9 Å². The number of hydrogen-bond acceptors (Lipinski definition) is 4. The van der Waals surface area contributed by atoms with Gasteiger partial charge in [-0.1, -0.05) is 48.6 Å². The quantitative estimate of drug-likeness (QED) is 0.378. The SMILES string of the molecule is C=CCC1(CC=C)c2cc(B3OC(C)(C)C(C)(C)O3)ccc2-c2ccc(B3OC(C)(C)C(C)(C)O3)cc21. The highest BCUT2D eigenvalue weighted by Crippen LogP contribution is 2.53. The van der Waals surface area contributed by atoms with E-state index in [0.29, 0.717) is 0 Å². The summed E-state index contributed by atoms with van der Waals surface area (Å²) in [6.45, 7) is 25.0. The average Bonchev–Trinajstić information content (AvgIpc) is 3.29. The van der Waals surface area contributed by atoms with Gasteiger partial charge in [0.1, 0.15) is 0 Å². The zero-order valence-electron chi connectivity index (χ0n) is 23.7. The van der Waals surface area contributed by atoms with Gasteiger partial charge in [-0.05, 0) is 101 Å². The van der Waals surface area contributed by atoms with Gasteiger partial charge in [0.2, 0.25) is 0 Å². The lowest BCUT2D eigenvalue weighted by Gasteiger charge is -2.32. The standard InChI is InChI=1S/C31H40B2O4/c1-11-17-31(18-12-2)25-19-21(32-34-27(3,4)28(5,6)35-32)13-15-23(25)24-16-14-22(20-26(24)31)33-36-29(7,8)30(9,10)37-33/h11-16,19-20H,1-2,17-18H2,3-10H3. The molecular weight excluding hydrogens is 458 g/mol. The zero-order chi connectivity index (χ0) is 27.0. The molecular formula is C31H40B2O4. The van der Waals surface area contributed by atoms with Gasteiger partial charge in [-0.3, -0.25) is 0 Å². The van der Waals surface area contributed by atoms with Gasteiger partial charge in [0.05, 0.1) is 22.4 Å². The van der Waals surface area contributed by atoms with Crippen LogP contribution in [0, 0.1) is 0 Å². The summed E-state index contributed by atoms with van der Waals surface area (Å²) >= 11 is 0. The van der Waals surface area contributed by atoms with Gasteiger partial charge in [0.15, 0.2) is 0 Å². The lowest BCUT2D eigenvalue weighted by Crippen LogP contribution is -2.41. The minimum atomic E-state index is -0.413. The minimum absolute atomic E-state index is 0.284. The van der Waals surface area contributed by atoms with Crippen molar-refractivity contribution in [2.45, 2.75) is 96.1 Å². The predicted octanol–water partition coefficient (Wildman–Crippen LogP) is 5.70. The molecule has 0 aromatic heterocycles. The number of fused-ring (bicyclic) bond motifs is 3. The number of allylic oxidation sites excluding steroid dienone is 2. The Kier molecular flexibility index (Phi) is 6.05. The molecule has 2 heterocycles. The van der Waals surface area contributed by atoms with Crippen LogP contribution in [0.4, 0.5) is 0 Å². The second-order valence-corrected chi connectivity index (χ2v) is 12.9. The summed E-state index contributed by atoms with van der Waals surface area (Å²) in [6.07, 6.45) is 5.62. The Morgan fingerprint density at radius 2 is 0.919 bits per heavy atom. The van der Waals surface area contributed by atoms with Crippen molar-refractivity contribution in [3.63, 3.8) is 0 Å². The van der Waals surface area contributed by atoms with Gasteiger partial charge in [0.25, 0.3) is 0 Å². The van der Waals surface area contributed by atoms with E-state index in [4.69, 9.17) is 18.6 Å². The minimum Gasteiger partial charge on any atom is -0.399 e. The number of rotatable bonds is 6. The van der Waals surface area contributed by atoms with Gasteiger partial charge < -0.3 is 18.6 Å². The molecule has 2 fully saturated rings. The molecule has 4 nitrogen and oxygen atoms in total. The van der Waals surface area contributed by atoms with Gasteiger partial charge in [0, 0.05) is 5.41 Å². The number of hydrogen-bond donors (Lipinski definition) is 0. The van der Waals surface area contributed by atoms with E-state index in [-0.39, 0.29) is 5.41 Å². The summed E-state index contributed by atoms with van der Waals surface area (Å²) in [6, 6.07) is 13.3. The fourth-order valence-corrected chi connectivity index (χ4v) is 5.80. The van der Waals surface area contributed by atoms with Gasteiger partial charge >= 0.3 is 14.2 Å². The molecule has 2 aromatic carbocycles. The van der Waals surface area contributed by atoms with Crippen LogP contribution in [0.1, 0.15) is 79.4 Å². The summed E-state index contributed by atoms with van der Waals surface area (Å²) < 4.78 is 25.6. The van der Waals surface area contributed by atoms with E-state index in [1.54, 1.807) is 0 Å². The van der Waals surface area contributed by atoms with E-state index in [9.17, 15) is 0 Å². The van der Waals surface area contributed by atoms with Crippen LogP contribution in [0.3, 0.4) is 0 Å². The molecule has 0 N–H and O–H groups in total. The molecule has 0 radical (unpaired) electrons. The predicted molar refractivity (Wildman–Crippen MR) is 154 cm³/mol. The van der Waals surface area contributed by atoms with E-state index in [2.05, 4.69) is 105 Å². The third-order valence-corrected chi connectivity index (χ3v) is 9.44. The normalized spacial score (nSPS) is 23.6. The Balaban J connectivity index is 1.61. The van der Waals surface area contributed by atoms with Crippen LogP contribution < -0.4 is 10.9 Å². The third kappa shape index (κ3) is 3.91. The van der Waals surface area contributed by atoms with Gasteiger partial charge in [-0.15, -0.1) is 13.2 Å². The molecule has 6 heteroatoms. The van der Waals surface area contributed by atoms with Crippen molar-refractivity contribution in [1.82, 2.24) is 0 Å². The van der Waals surface area contributed by atoms with E-state index >= 15 is 0 Å². The molecule has 0 spiro atoms. The molecule has 0 saturated carbocycles. The zero-order valence-corrected chi connectivity index (χ0v) is 23.7. The van der Waals surface area contributed by atoms with Crippen LogP contribution in [0.2, 0.25) is 0 Å². The van der Waals surface area contributed by atoms with E-state index in [1.807, 2.05) is 12.2 Å². The molecule has 1 aliphatic carbocycles. The molecule has 0 unspecified atom stereocenters. The first-order valence-electron chi connectivity index (χ1n) is 13.4. The molecule has 37 heavy (non-hydrogen) atoms. The molecule has 0 atom stereocenters. The second kappa shape index (κ2) is 8.44. The fraction of sp³-hybridized carbons (Fsp3) is 0.484. The third-order valence-electron chi connectivity index (χ3n) is 9.44. The molecule has 0 amide bonds. The summed E-state index contributed by atoms with van der Waals surface area (Å²) in [5.41, 5.74) is 5.22. The highest BCUT2D eigenvalue weighted by molar-refractivity contribution is 6.62.